The Morgan fingerprint density at radius 2 is 1.90 bits per heavy atom. The van der Waals surface area contributed by atoms with Crippen molar-refractivity contribution in [3.8, 4) is 0 Å². The molecular weight excluding hydrogens is 410 g/mol. The normalized spacial score (nSPS) is 20.7. The van der Waals surface area contributed by atoms with Gasteiger partial charge in [0.25, 0.3) is 5.56 Å². The number of nitrogens with zero attached hydrogens (tertiary/aromatic N) is 3. The van der Waals surface area contributed by atoms with Crippen molar-refractivity contribution in [1.82, 2.24) is 14.9 Å². The molecule has 2 aromatic heterocycles. The molecule has 0 saturated carbocycles. The van der Waals surface area contributed by atoms with E-state index in [4.69, 9.17) is 16.6 Å². The number of halogens is 3. The molecule has 1 aliphatic heterocycles. The fraction of sp³-hybridized carbons (Fsp3) is 0.227. The fourth-order valence-electron chi connectivity index (χ4n) is 3.88. The maximum atomic E-state index is 14.2. The number of rotatable bonds is 4. The number of hydrogen-bond donors (Lipinski definition) is 1. The van der Waals surface area contributed by atoms with Crippen LogP contribution in [0.2, 0.25) is 5.02 Å². The van der Waals surface area contributed by atoms with E-state index in [1.807, 2.05) is 19.1 Å². The van der Waals surface area contributed by atoms with Crippen LogP contribution in [0.3, 0.4) is 0 Å². The summed E-state index contributed by atoms with van der Waals surface area (Å²) >= 11 is 6.07. The molecule has 4 rings (SSSR count). The highest BCUT2D eigenvalue weighted by Crippen LogP contribution is 2.39. The first kappa shape index (κ1) is 20.2. The molecule has 5 nitrogen and oxygen atoms in total. The molecule has 30 heavy (non-hydrogen) atoms. The summed E-state index contributed by atoms with van der Waals surface area (Å²) < 4.78 is 29.5. The second kappa shape index (κ2) is 7.65. The fourth-order valence-corrected chi connectivity index (χ4v) is 4.00. The van der Waals surface area contributed by atoms with E-state index in [2.05, 4.69) is 10.3 Å². The van der Waals surface area contributed by atoms with Crippen molar-refractivity contribution in [3.05, 3.63) is 98.7 Å². The van der Waals surface area contributed by atoms with Gasteiger partial charge in [-0.25, -0.2) is 9.37 Å². The highest BCUT2D eigenvalue weighted by atomic mass is 35.5. The molecule has 8 heteroatoms. The summed E-state index contributed by atoms with van der Waals surface area (Å²) in [6.07, 6.45) is 2.96. The van der Waals surface area contributed by atoms with E-state index < -0.39 is 22.9 Å². The molecule has 0 amide bonds. The average molecular weight is 429 g/mol. The van der Waals surface area contributed by atoms with Gasteiger partial charge in [0.2, 0.25) is 5.95 Å². The van der Waals surface area contributed by atoms with Gasteiger partial charge in [0.1, 0.15) is 11.4 Å². The summed E-state index contributed by atoms with van der Waals surface area (Å²) in [7, 11) is 0. The summed E-state index contributed by atoms with van der Waals surface area (Å²) in [5, 5.41) is 3.95. The molecule has 0 fully saturated rings. The standard InChI is InChI=1S/C22H19ClF2N4O/c1-3-29-12-14(10-18(24)21(29)30)20-27-13(2)22(28-20,15-4-6-17(23)7-5-15)16-8-9-26-19(25)11-16/h4-13H,3H2,1-2H3,(H,27,28)/t13-,22+/m0/s1. The van der Waals surface area contributed by atoms with E-state index >= 15 is 0 Å². The van der Waals surface area contributed by atoms with Crippen LogP contribution in [0.4, 0.5) is 8.78 Å². The number of aryl methyl sites for hydroxylation is 1. The molecule has 3 aromatic rings. The van der Waals surface area contributed by atoms with Crippen LogP contribution in [0.5, 0.6) is 0 Å². The molecule has 2 atom stereocenters. The van der Waals surface area contributed by atoms with Crippen molar-refractivity contribution < 1.29 is 8.78 Å². The van der Waals surface area contributed by atoms with Gasteiger partial charge in [-0.3, -0.25) is 9.79 Å². The molecule has 3 heterocycles. The lowest BCUT2D eigenvalue weighted by Gasteiger charge is -2.35. The number of amidine groups is 1. The Kier molecular flexibility index (Phi) is 5.15. The van der Waals surface area contributed by atoms with Gasteiger partial charge in [-0.05, 0) is 55.3 Å². The van der Waals surface area contributed by atoms with Crippen LogP contribution >= 0.6 is 11.6 Å². The zero-order chi connectivity index (χ0) is 21.5. The Bertz CT molecular complexity index is 1190. The van der Waals surface area contributed by atoms with Crippen molar-refractivity contribution in [3.63, 3.8) is 0 Å². The predicted molar refractivity (Wildman–Crippen MR) is 112 cm³/mol. The van der Waals surface area contributed by atoms with E-state index in [9.17, 15) is 13.6 Å². The number of benzene rings is 1. The number of nitrogens with one attached hydrogen (secondary N) is 1. The van der Waals surface area contributed by atoms with E-state index in [-0.39, 0.29) is 6.04 Å². The van der Waals surface area contributed by atoms with E-state index in [0.29, 0.717) is 28.5 Å². The summed E-state index contributed by atoms with van der Waals surface area (Å²) in [6, 6.07) is 11.0. The maximum absolute atomic E-state index is 14.2. The van der Waals surface area contributed by atoms with Crippen LogP contribution in [0.1, 0.15) is 30.5 Å². The van der Waals surface area contributed by atoms with Crippen LogP contribution in [0.25, 0.3) is 0 Å². The largest absolute Gasteiger partial charge is 0.354 e. The van der Waals surface area contributed by atoms with Crippen molar-refractivity contribution >= 4 is 17.4 Å². The highest BCUT2D eigenvalue weighted by Gasteiger charge is 2.45. The zero-order valence-corrected chi connectivity index (χ0v) is 17.1. The third-order valence-corrected chi connectivity index (χ3v) is 5.65. The molecule has 0 bridgehead atoms. The average Bonchev–Trinajstić information content (AvgIpc) is 3.08. The molecule has 1 aliphatic rings. The first-order chi connectivity index (χ1) is 14.3. The third kappa shape index (κ3) is 3.29. The quantitative estimate of drug-likeness (QED) is 0.642. The van der Waals surface area contributed by atoms with Crippen LogP contribution in [0, 0.1) is 11.8 Å². The van der Waals surface area contributed by atoms with Crippen molar-refractivity contribution in [2.75, 3.05) is 0 Å². The molecule has 0 saturated heterocycles. The van der Waals surface area contributed by atoms with Gasteiger partial charge >= 0.3 is 0 Å². The molecule has 154 valence electrons. The van der Waals surface area contributed by atoms with Crippen LogP contribution in [-0.2, 0) is 12.1 Å². The first-order valence-corrected chi connectivity index (χ1v) is 9.87. The molecule has 0 radical (unpaired) electrons. The van der Waals surface area contributed by atoms with Gasteiger partial charge < -0.3 is 9.88 Å². The minimum absolute atomic E-state index is 0.324. The van der Waals surface area contributed by atoms with Gasteiger partial charge in [-0.1, -0.05) is 23.7 Å². The molecule has 0 aliphatic carbocycles. The minimum atomic E-state index is -0.923. The van der Waals surface area contributed by atoms with Gasteiger partial charge in [0.05, 0.1) is 6.04 Å². The number of hydrogen-bond acceptors (Lipinski definition) is 4. The smallest absolute Gasteiger partial charge is 0.286 e. The summed E-state index contributed by atoms with van der Waals surface area (Å²) in [5.74, 6) is -1.06. The Morgan fingerprint density at radius 3 is 2.57 bits per heavy atom. The summed E-state index contributed by atoms with van der Waals surface area (Å²) in [5.41, 5.74) is 0.257. The van der Waals surface area contributed by atoms with Crippen molar-refractivity contribution in [2.45, 2.75) is 32.0 Å². The SMILES string of the molecule is CCn1cc(C2=N[C@@H](C)[C@@](c3ccc(Cl)cc3)(c3ccnc(F)c3)N2)cc(F)c1=O. The topological polar surface area (TPSA) is 59.3 Å². The van der Waals surface area contributed by atoms with Gasteiger partial charge in [0, 0.05) is 29.5 Å². The molecule has 1 N–H and O–H groups in total. The number of aromatic nitrogens is 2. The van der Waals surface area contributed by atoms with Gasteiger partial charge in [-0.15, -0.1) is 0 Å². The predicted octanol–water partition coefficient (Wildman–Crippen LogP) is 3.88. The monoisotopic (exact) mass is 428 g/mol. The summed E-state index contributed by atoms with van der Waals surface area (Å²) in [4.78, 5) is 20.3. The van der Waals surface area contributed by atoms with Crippen molar-refractivity contribution in [1.29, 1.82) is 0 Å². The lowest BCUT2D eigenvalue weighted by Crippen LogP contribution is -2.48. The van der Waals surface area contributed by atoms with Crippen molar-refractivity contribution in [2.24, 2.45) is 4.99 Å². The Hall–Kier alpha value is -3.06. The number of aliphatic imine (C=N–C) groups is 1. The zero-order valence-electron chi connectivity index (χ0n) is 16.4. The third-order valence-electron chi connectivity index (χ3n) is 5.40. The Morgan fingerprint density at radius 1 is 1.17 bits per heavy atom. The molecule has 0 unspecified atom stereocenters. The van der Waals surface area contributed by atoms with Crippen LogP contribution in [0.15, 0.2) is 64.6 Å². The maximum Gasteiger partial charge on any atom is 0.286 e. The van der Waals surface area contributed by atoms with Gasteiger partial charge in [-0.2, -0.15) is 4.39 Å². The highest BCUT2D eigenvalue weighted by molar-refractivity contribution is 6.30. The summed E-state index contributed by atoms with van der Waals surface area (Å²) in [6.45, 7) is 3.97. The second-order valence-corrected chi connectivity index (χ2v) is 7.57. The van der Waals surface area contributed by atoms with Crippen LogP contribution in [-0.4, -0.2) is 21.4 Å². The molecular formula is C22H19ClF2N4O. The Balaban J connectivity index is 1.87. The first-order valence-electron chi connectivity index (χ1n) is 9.49. The Labute approximate surface area is 177 Å². The minimum Gasteiger partial charge on any atom is -0.354 e. The lowest BCUT2D eigenvalue weighted by atomic mass is 9.78. The second-order valence-electron chi connectivity index (χ2n) is 7.13. The van der Waals surface area contributed by atoms with E-state index in [1.165, 1.54) is 16.8 Å². The van der Waals surface area contributed by atoms with Crippen LogP contribution < -0.4 is 10.9 Å². The molecule has 0 spiro atoms. The molecule has 1 aromatic carbocycles. The lowest BCUT2D eigenvalue weighted by molar-refractivity contribution is 0.430. The van der Waals surface area contributed by atoms with E-state index in [0.717, 1.165) is 11.6 Å². The van der Waals surface area contributed by atoms with E-state index in [1.54, 1.807) is 31.3 Å². The number of pyridine rings is 2. The van der Waals surface area contributed by atoms with Gasteiger partial charge in [0.15, 0.2) is 5.82 Å².